The van der Waals surface area contributed by atoms with E-state index in [2.05, 4.69) is 30.3 Å². The van der Waals surface area contributed by atoms with Crippen LogP contribution < -0.4 is 9.64 Å². The molecule has 0 bridgehead atoms. The van der Waals surface area contributed by atoms with Crippen LogP contribution in [0.5, 0.6) is 5.88 Å². The largest absolute Gasteiger partial charge is 0.473 e. The maximum absolute atomic E-state index is 14.9. The molecule has 4 aromatic rings. The van der Waals surface area contributed by atoms with Crippen LogP contribution in [-0.4, -0.2) is 64.2 Å². The van der Waals surface area contributed by atoms with Gasteiger partial charge in [-0.3, -0.25) is 5.10 Å². The van der Waals surface area contributed by atoms with Crippen LogP contribution in [0.3, 0.4) is 0 Å². The maximum atomic E-state index is 14.9. The standard InChI is InChI=1S/C23H25F2N7O4S/c1-11(2)21-28-23(36-31-21)32-7-5-13(6-8-32)35-22-20-19(26-12(3)27-22)18(29-30-20)14-9-16(25)17(10-15(14)24)37(4,33)34/h9-11,13H,5-8H2,1-4H3,(H,29,30). The fraction of sp³-hybridized carbons (Fsp3) is 0.435. The molecule has 1 N–H and O–H groups in total. The number of fused-ring (bicyclic) bond motifs is 1. The Morgan fingerprint density at radius 3 is 2.51 bits per heavy atom. The van der Waals surface area contributed by atoms with Gasteiger partial charge in [0.2, 0.25) is 5.88 Å². The predicted molar refractivity (Wildman–Crippen MR) is 129 cm³/mol. The highest BCUT2D eigenvalue weighted by Gasteiger charge is 2.27. The Morgan fingerprint density at radius 2 is 1.86 bits per heavy atom. The highest BCUT2D eigenvalue weighted by molar-refractivity contribution is 7.90. The van der Waals surface area contributed by atoms with Crippen molar-refractivity contribution in [1.29, 1.82) is 0 Å². The summed E-state index contributed by atoms with van der Waals surface area (Å²) < 4.78 is 64.4. The summed E-state index contributed by atoms with van der Waals surface area (Å²) in [5.74, 6) is -0.599. The number of hydrogen-bond donors (Lipinski definition) is 1. The molecular formula is C23H25F2N7O4S. The van der Waals surface area contributed by atoms with Gasteiger partial charge in [-0.05, 0) is 19.1 Å². The molecule has 14 heteroatoms. The first-order valence-corrected chi connectivity index (χ1v) is 13.6. The van der Waals surface area contributed by atoms with Crippen LogP contribution in [0.15, 0.2) is 21.6 Å². The molecule has 37 heavy (non-hydrogen) atoms. The monoisotopic (exact) mass is 533 g/mol. The number of H-pyrrole nitrogens is 1. The zero-order valence-corrected chi connectivity index (χ0v) is 21.4. The third-order valence-corrected chi connectivity index (χ3v) is 7.22. The van der Waals surface area contributed by atoms with Crippen LogP contribution in [0, 0.1) is 18.6 Å². The number of sulfone groups is 1. The Morgan fingerprint density at radius 1 is 1.14 bits per heavy atom. The van der Waals surface area contributed by atoms with E-state index in [9.17, 15) is 17.2 Å². The van der Waals surface area contributed by atoms with E-state index in [1.165, 1.54) is 0 Å². The van der Waals surface area contributed by atoms with E-state index in [-0.39, 0.29) is 34.7 Å². The molecule has 0 spiro atoms. The summed E-state index contributed by atoms with van der Waals surface area (Å²) in [4.78, 5) is 14.5. The van der Waals surface area contributed by atoms with E-state index in [0.717, 1.165) is 12.3 Å². The van der Waals surface area contributed by atoms with Crippen molar-refractivity contribution in [2.75, 3.05) is 24.2 Å². The van der Waals surface area contributed by atoms with Crippen LogP contribution in [0.2, 0.25) is 0 Å². The lowest BCUT2D eigenvalue weighted by Crippen LogP contribution is -2.38. The summed E-state index contributed by atoms with van der Waals surface area (Å²) in [6.45, 7) is 6.92. The summed E-state index contributed by atoms with van der Waals surface area (Å²) in [7, 11) is -3.94. The van der Waals surface area contributed by atoms with Gasteiger partial charge in [-0.2, -0.15) is 15.1 Å². The fourth-order valence-corrected chi connectivity index (χ4v) is 4.89. The Kier molecular flexibility index (Phi) is 6.30. The topological polar surface area (TPSA) is 140 Å². The number of aromatic amines is 1. The number of nitrogens with zero attached hydrogens (tertiary/aromatic N) is 6. The second-order valence-electron chi connectivity index (χ2n) is 9.30. The minimum absolute atomic E-state index is 0.0222. The molecule has 0 amide bonds. The molecule has 0 unspecified atom stereocenters. The first kappa shape index (κ1) is 25.0. The Hall–Kier alpha value is -3.68. The van der Waals surface area contributed by atoms with Gasteiger partial charge in [0.1, 0.15) is 45.2 Å². The maximum Gasteiger partial charge on any atom is 0.324 e. The molecule has 5 rings (SSSR count). The summed E-state index contributed by atoms with van der Waals surface area (Å²) in [5, 5.41) is 10.9. The average Bonchev–Trinajstić information content (AvgIpc) is 3.48. The lowest BCUT2D eigenvalue weighted by atomic mass is 10.1. The summed E-state index contributed by atoms with van der Waals surface area (Å²) in [6.07, 6.45) is 1.97. The molecule has 1 saturated heterocycles. The zero-order chi connectivity index (χ0) is 26.5. The fourth-order valence-electron chi connectivity index (χ4n) is 4.16. The van der Waals surface area contributed by atoms with Crippen LogP contribution in [-0.2, 0) is 9.84 Å². The van der Waals surface area contributed by atoms with Gasteiger partial charge in [-0.25, -0.2) is 22.2 Å². The van der Waals surface area contributed by atoms with E-state index < -0.39 is 26.4 Å². The molecular weight excluding hydrogens is 508 g/mol. The second kappa shape index (κ2) is 9.32. The van der Waals surface area contributed by atoms with Crippen molar-refractivity contribution in [1.82, 2.24) is 30.3 Å². The lowest BCUT2D eigenvalue weighted by molar-refractivity contribution is 0.163. The quantitative estimate of drug-likeness (QED) is 0.391. The Balaban J connectivity index is 1.39. The number of anilines is 1. The van der Waals surface area contributed by atoms with Crippen molar-refractivity contribution in [3.8, 4) is 17.1 Å². The first-order valence-electron chi connectivity index (χ1n) is 11.7. The minimum Gasteiger partial charge on any atom is -0.473 e. The predicted octanol–water partition coefficient (Wildman–Crippen LogP) is 3.56. The van der Waals surface area contributed by atoms with Gasteiger partial charge in [0.25, 0.3) is 0 Å². The van der Waals surface area contributed by atoms with Crippen molar-refractivity contribution >= 4 is 26.9 Å². The van der Waals surface area contributed by atoms with Gasteiger partial charge < -0.3 is 14.2 Å². The van der Waals surface area contributed by atoms with Crippen molar-refractivity contribution in [3.05, 3.63) is 35.4 Å². The number of piperidine rings is 1. The Labute approximate surface area is 211 Å². The molecule has 0 radical (unpaired) electrons. The van der Waals surface area contributed by atoms with Crippen LogP contribution in [0.1, 0.15) is 44.3 Å². The molecule has 1 aliphatic heterocycles. The lowest BCUT2D eigenvalue weighted by Gasteiger charge is -2.30. The summed E-state index contributed by atoms with van der Waals surface area (Å²) >= 11 is 0. The summed E-state index contributed by atoms with van der Waals surface area (Å²) in [6, 6.07) is 1.93. The highest BCUT2D eigenvalue weighted by atomic mass is 32.2. The molecule has 11 nitrogen and oxygen atoms in total. The number of aryl methyl sites for hydroxylation is 1. The van der Waals surface area contributed by atoms with Gasteiger partial charge in [0.05, 0.1) is 0 Å². The molecule has 196 valence electrons. The van der Waals surface area contributed by atoms with E-state index in [1.807, 2.05) is 18.7 Å². The van der Waals surface area contributed by atoms with E-state index >= 15 is 0 Å². The minimum atomic E-state index is -3.94. The Bertz CT molecular complexity index is 1580. The van der Waals surface area contributed by atoms with Gasteiger partial charge in [0.15, 0.2) is 15.7 Å². The first-order chi connectivity index (χ1) is 17.5. The van der Waals surface area contributed by atoms with E-state index in [4.69, 9.17) is 9.26 Å². The third kappa shape index (κ3) is 4.84. The molecule has 0 aliphatic carbocycles. The van der Waals surface area contributed by atoms with Gasteiger partial charge >= 0.3 is 6.01 Å². The zero-order valence-electron chi connectivity index (χ0n) is 20.6. The number of nitrogens with one attached hydrogen (secondary N) is 1. The number of ether oxygens (including phenoxy) is 1. The third-order valence-electron chi connectivity index (χ3n) is 6.11. The molecule has 0 saturated carbocycles. The van der Waals surface area contributed by atoms with Crippen molar-refractivity contribution < 1.29 is 26.5 Å². The SMILES string of the molecule is Cc1nc(OC2CCN(c3nc(C(C)C)no3)CC2)c2[nH]nc(-c3cc(F)c(S(C)(=O)=O)cc3F)c2n1. The van der Waals surface area contributed by atoms with Crippen LogP contribution in [0.25, 0.3) is 22.3 Å². The number of halogens is 2. The smallest absolute Gasteiger partial charge is 0.324 e. The molecule has 3 aromatic heterocycles. The van der Waals surface area contributed by atoms with Crippen molar-refractivity contribution in [2.24, 2.45) is 0 Å². The van der Waals surface area contributed by atoms with E-state index in [1.54, 1.807) is 6.92 Å². The molecule has 1 aromatic carbocycles. The molecule has 4 heterocycles. The van der Waals surface area contributed by atoms with Gasteiger partial charge in [-0.1, -0.05) is 19.0 Å². The second-order valence-corrected chi connectivity index (χ2v) is 11.3. The van der Waals surface area contributed by atoms with Crippen LogP contribution in [0.4, 0.5) is 14.8 Å². The van der Waals surface area contributed by atoms with Gasteiger partial charge in [0, 0.05) is 43.7 Å². The number of aromatic nitrogens is 6. The number of rotatable bonds is 6. The van der Waals surface area contributed by atoms with Gasteiger partial charge in [-0.15, -0.1) is 0 Å². The average molecular weight is 534 g/mol. The number of hydrogen-bond acceptors (Lipinski definition) is 10. The van der Waals surface area contributed by atoms with Crippen molar-refractivity contribution in [3.63, 3.8) is 0 Å². The molecule has 1 aliphatic rings. The summed E-state index contributed by atoms with van der Waals surface area (Å²) in [5.41, 5.74) is 0.355. The normalized spacial score (nSPS) is 15.2. The van der Waals surface area contributed by atoms with Crippen LogP contribution >= 0.6 is 0 Å². The molecule has 0 atom stereocenters. The highest BCUT2D eigenvalue weighted by Crippen LogP contribution is 2.34. The molecule has 1 fully saturated rings. The number of benzene rings is 1. The van der Waals surface area contributed by atoms with E-state index in [0.29, 0.717) is 55.2 Å². The van der Waals surface area contributed by atoms with Crippen molar-refractivity contribution in [2.45, 2.75) is 50.5 Å².